The quantitative estimate of drug-likeness (QED) is 0.471. The van der Waals surface area contributed by atoms with Crippen LogP contribution in [0, 0.1) is 23.7 Å². The second-order valence-corrected chi connectivity index (χ2v) is 6.96. The molecule has 0 amide bonds. The van der Waals surface area contributed by atoms with Gasteiger partial charge in [0, 0.05) is 0 Å². The zero-order chi connectivity index (χ0) is 11.0. The Kier molecular flexibility index (Phi) is 1.78. The molecule has 0 unspecified atom stereocenters. The van der Waals surface area contributed by atoms with Crippen LogP contribution in [-0.4, -0.2) is 12.2 Å². The van der Waals surface area contributed by atoms with Crippen molar-refractivity contribution in [3.05, 3.63) is 11.1 Å². The van der Waals surface area contributed by atoms with Gasteiger partial charge in [-0.1, -0.05) is 5.57 Å². The van der Waals surface area contributed by atoms with Gasteiger partial charge in [-0.25, -0.2) is 9.78 Å². The normalized spacial score (nSPS) is 55.1. The van der Waals surface area contributed by atoms with E-state index in [9.17, 15) is 0 Å². The molecule has 92 valence electrons. The number of hydrogen-bond donors (Lipinski definition) is 0. The first-order valence-corrected chi connectivity index (χ1v) is 7.44. The Morgan fingerprint density at radius 1 is 0.647 bits per heavy atom. The van der Waals surface area contributed by atoms with Crippen molar-refractivity contribution in [3.63, 3.8) is 0 Å². The molecule has 0 aromatic heterocycles. The van der Waals surface area contributed by atoms with Crippen molar-refractivity contribution in [2.24, 2.45) is 23.7 Å². The molecule has 5 saturated carbocycles. The highest BCUT2D eigenvalue weighted by Crippen LogP contribution is 2.59. The number of rotatable bonds is 0. The highest BCUT2D eigenvalue weighted by molar-refractivity contribution is 5.34. The van der Waals surface area contributed by atoms with Crippen molar-refractivity contribution in [1.82, 2.24) is 0 Å². The van der Waals surface area contributed by atoms with Gasteiger partial charge in [-0.3, -0.25) is 0 Å². The van der Waals surface area contributed by atoms with Crippen LogP contribution in [0.4, 0.5) is 0 Å². The number of fused-ring (bicyclic) bond motifs is 2. The smallest absolute Gasteiger partial charge is 0.117 e. The first-order valence-electron chi connectivity index (χ1n) is 7.44. The Bertz CT molecular complexity index is 346. The second-order valence-electron chi connectivity index (χ2n) is 6.96. The zero-order valence-corrected chi connectivity index (χ0v) is 10.2. The molecule has 6 aliphatic rings. The maximum atomic E-state index is 5.46. The maximum Gasteiger partial charge on any atom is 0.117 e. The lowest BCUT2D eigenvalue weighted by Crippen LogP contribution is -2.41. The highest BCUT2D eigenvalue weighted by Gasteiger charge is 2.50. The first-order chi connectivity index (χ1) is 8.38. The topological polar surface area (TPSA) is 18.5 Å². The summed E-state index contributed by atoms with van der Waals surface area (Å²) in [5.41, 5.74) is 3.43. The van der Waals surface area contributed by atoms with Crippen molar-refractivity contribution in [1.29, 1.82) is 0 Å². The molecule has 6 bridgehead atoms. The van der Waals surface area contributed by atoms with Gasteiger partial charge in [-0.2, -0.15) is 0 Å². The third-order valence-electron chi connectivity index (χ3n) is 6.02. The minimum Gasteiger partial charge on any atom is -0.228 e. The van der Waals surface area contributed by atoms with Crippen LogP contribution in [-0.2, 0) is 9.78 Å². The fourth-order valence-electron chi connectivity index (χ4n) is 5.69. The van der Waals surface area contributed by atoms with Gasteiger partial charge >= 0.3 is 0 Å². The molecular formula is C15H20O2. The van der Waals surface area contributed by atoms with Gasteiger partial charge in [-0.15, -0.1) is 0 Å². The van der Waals surface area contributed by atoms with E-state index >= 15 is 0 Å². The van der Waals surface area contributed by atoms with E-state index in [0.29, 0.717) is 12.2 Å². The Hall–Kier alpha value is -0.340. The summed E-state index contributed by atoms with van der Waals surface area (Å²) in [7, 11) is 0. The summed E-state index contributed by atoms with van der Waals surface area (Å²) < 4.78 is 0. The molecule has 1 heterocycles. The minimum absolute atomic E-state index is 0.340. The highest BCUT2D eigenvalue weighted by atomic mass is 17.2. The van der Waals surface area contributed by atoms with Crippen LogP contribution in [0.3, 0.4) is 0 Å². The number of hydrogen-bond acceptors (Lipinski definition) is 2. The summed E-state index contributed by atoms with van der Waals surface area (Å²) in [6, 6.07) is 0. The minimum atomic E-state index is 0.340. The summed E-state index contributed by atoms with van der Waals surface area (Å²) in [4.78, 5) is 10.9. The summed E-state index contributed by atoms with van der Waals surface area (Å²) in [6.07, 6.45) is 10.5. The summed E-state index contributed by atoms with van der Waals surface area (Å²) in [6.45, 7) is 0. The van der Waals surface area contributed by atoms with Crippen molar-refractivity contribution in [2.45, 2.75) is 57.2 Å². The predicted octanol–water partition coefficient (Wildman–Crippen LogP) is 3.23. The van der Waals surface area contributed by atoms with Crippen LogP contribution in [0.25, 0.3) is 0 Å². The Morgan fingerprint density at radius 3 is 1.65 bits per heavy atom. The van der Waals surface area contributed by atoms with Crippen molar-refractivity contribution < 1.29 is 9.78 Å². The molecule has 2 atom stereocenters. The average molecular weight is 232 g/mol. The summed E-state index contributed by atoms with van der Waals surface area (Å²) in [5.74, 6) is 3.94. The van der Waals surface area contributed by atoms with Crippen LogP contribution in [0.1, 0.15) is 44.9 Å². The molecule has 0 spiro atoms. The predicted molar refractivity (Wildman–Crippen MR) is 63.1 cm³/mol. The van der Waals surface area contributed by atoms with E-state index < -0.39 is 0 Å². The molecule has 17 heavy (non-hydrogen) atoms. The molecule has 1 saturated heterocycles. The third kappa shape index (κ3) is 1.18. The Labute approximate surface area is 102 Å². The van der Waals surface area contributed by atoms with E-state index in [2.05, 4.69) is 0 Å². The van der Waals surface area contributed by atoms with Gasteiger partial charge in [0.1, 0.15) is 12.2 Å². The largest absolute Gasteiger partial charge is 0.228 e. The van der Waals surface area contributed by atoms with Crippen molar-refractivity contribution >= 4 is 0 Å². The standard InChI is InChI=1S/C15H20O2/c1-2-13-15(12(1)16-17-13)14-10-4-8-3-9(6-10)7-11(14)5-8/h8-13H,1-7H2/t8?,9?,10?,11?,12-,13+. The SMILES string of the molecule is C1C2CC3CC1CC(C2)C3=C1[C@@H]2CC[C@H]1OO2. The molecule has 6 rings (SSSR count). The van der Waals surface area contributed by atoms with Crippen molar-refractivity contribution in [2.75, 3.05) is 0 Å². The molecular weight excluding hydrogens is 212 g/mol. The van der Waals surface area contributed by atoms with Gasteiger partial charge in [-0.05, 0) is 74.2 Å². The fourth-order valence-corrected chi connectivity index (χ4v) is 5.69. The molecule has 0 aromatic rings. The lowest BCUT2D eigenvalue weighted by Gasteiger charge is -2.52. The van der Waals surface area contributed by atoms with Crippen LogP contribution < -0.4 is 0 Å². The van der Waals surface area contributed by atoms with E-state index in [0.717, 1.165) is 23.7 Å². The van der Waals surface area contributed by atoms with Gasteiger partial charge in [0.15, 0.2) is 0 Å². The first kappa shape index (κ1) is 9.57. The molecule has 6 fully saturated rings. The zero-order valence-electron chi connectivity index (χ0n) is 10.2. The van der Waals surface area contributed by atoms with Gasteiger partial charge in [0.05, 0.1) is 0 Å². The second kappa shape index (κ2) is 3.16. The van der Waals surface area contributed by atoms with Crippen LogP contribution in [0.5, 0.6) is 0 Å². The van der Waals surface area contributed by atoms with Crippen LogP contribution in [0.15, 0.2) is 11.1 Å². The van der Waals surface area contributed by atoms with Crippen LogP contribution in [0.2, 0.25) is 0 Å². The van der Waals surface area contributed by atoms with E-state index in [1.807, 2.05) is 5.57 Å². The molecule has 2 heteroatoms. The molecule has 0 radical (unpaired) electrons. The van der Waals surface area contributed by atoms with E-state index in [1.54, 1.807) is 5.57 Å². The summed E-state index contributed by atoms with van der Waals surface area (Å²) >= 11 is 0. The monoisotopic (exact) mass is 232 g/mol. The lowest BCUT2D eigenvalue weighted by molar-refractivity contribution is -0.315. The van der Waals surface area contributed by atoms with E-state index in [4.69, 9.17) is 9.78 Å². The van der Waals surface area contributed by atoms with Gasteiger partial charge < -0.3 is 0 Å². The molecule has 2 nitrogen and oxygen atoms in total. The maximum absolute atomic E-state index is 5.46. The van der Waals surface area contributed by atoms with Crippen molar-refractivity contribution in [3.8, 4) is 0 Å². The van der Waals surface area contributed by atoms with E-state index in [-0.39, 0.29) is 0 Å². The fraction of sp³-hybridized carbons (Fsp3) is 0.867. The summed E-state index contributed by atoms with van der Waals surface area (Å²) in [5, 5.41) is 0. The van der Waals surface area contributed by atoms with Gasteiger partial charge in [0.2, 0.25) is 0 Å². The lowest BCUT2D eigenvalue weighted by atomic mass is 9.53. The van der Waals surface area contributed by atoms with Crippen LogP contribution >= 0.6 is 0 Å². The third-order valence-corrected chi connectivity index (χ3v) is 6.02. The Balaban J connectivity index is 1.61. The number of allylic oxidation sites excluding steroid dienone is 1. The molecule has 1 aliphatic heterocycles. The Morgan fingerprint density at radius 2 is 1.18 bits per heavy atom. The van der Waals surface area contributed by atoms with E-state index in [1.165, 1.54) is 44.9 Å². The molecule has 0 N–H and O–H groups in total. The molecule has 0 aromatic carbocycles. The van der Waals surface area contributed by atoms with Gasteiger partial charge in [0.25, 0.3) is 0 Å². The molecule has 5 aliphatic carbocycles. The average Bonchev–Trinajstić information content (AvgIpc) is 2.88.